The highest BCUT2D eigenvalue weighted by Crippen LogP contribution is 2.19. The van der Waals surface area contributed by atoms with Gasteiger partial charge in [0.15, 0.2) is 0 Å². The van der Waals surface area contributed by atoms with E-state index in [2.05, 4.69) is 25.4 Å². The van der Waals surface area contributed by atoms with Crippen LogP contribution in [0.25, 0.3) is 22.4 Å². The first-order chi connectivity index (χ1) is 6.43. The number of pyridine rings is 1. The molecule has 0 aliphatic carbocycles. The normalized spacial score (nSPS) is 11.1. The summed E-state index contributed by atoms with van der Waals surface area (Å²) in [4.78, 5) is 3.16. The number of hydrogen-bond donors (Lipinski definition) is 1. The summed E-state index contributed by atoms with van der Waals surface area (Å²) in [5.74, 6) is 0. The van der Waals surface area contributed by atoms with Crippen molar-refractivity contribution < 1.29 is 0 Å². The van der Waals surface area contributed by atoms with Crippen LogP contribution in [0.5, 0.6) is 0 Å². The monoisotopic (exact) mass is 171 g/mol. The molecule has 0 radical (unpaired) electrons. The topological polar surface area (TPSA) is 67.3 Å². The molecule has 0 fully saturated rings. The molecule has 1 N–H and O–H groups in total. The van der Waals surface area contributed by atoms with Gasteiger partial charge < -0.3 is 4.98 Å². The van der Waals surface area contributed by atoms with E-state index in [-0.39, 0.29) is 0 Å². The SMILES string of the molecule is c1cc2[nH]c3cnnc-3cc2nn1. The van der Waals surface area contributed by atoms with E-state index in [4.69, 9.17) is 0 Å². The van der Waals surface area contributed by atoms with Gasteiger partial charge in [0.2, 0.25) is 0 Å². The zero-order valence-corrected chi connectivity index (χ0v) is 6.60. The molecule has 13 heavy (non-hydrogen) atoms. The predicted molar refractivity (Wildman–Crippen MR) is 46.1 cm³/mol. The smallest absolute Gasteiger partial charge is 0.113 e. The van der Waals surface area contributed by atoms with E-state index >= 15 is 0 Å². The Morgan fingerprint density at radius 2 is 2.15 bits per heavy atom. The summed E-state index contributed by atoms with van der Waals surface area (Å²) in [5, 5.41) is 15.5. The number of nitrogens with zero attached hydrogens (tertiary/aromatic N) is 4. The first kappa shape index (κ1) is 6.47. The average Bonchev–Trinajstić information content (AvgIpc) is 2.61. The molecule has 1 aromatic rings. The molecule has 5 heteroatoms. The second-order valence-corrected chi connectivity index (χ2v) is 2.74. The van der Waals surface area contributed by atoms with Crippen LogP contribution < -0.4 is 0 Å². The Hall–Kier alpha value is -2.04. The molecule has 62 valence electrons. The maximum Gasteiger partial charge on any atom is 0.113 e. The minimum absolute atomic E-state index is 0.801. The molecule has 2 aliphatic heterocycles. The molecule has 0 atom stereocenters. The second kappa shape index (κ2) is 2.22. The van der Waals surface area contributed by atoms with Gasteiger partial charge in [-0.05, 0) is 12.1 Å². The maximum atomic E-state index is 3.96. The molecule has 1 aromatic heterocycles. The number of aromatic amines is 1. The lowest BCUT2D eigenvalue weighted by molar-refractivity contribution is 1.06. The molecule has 3 heterocycles. The van der Waals surface area contributed by atoms with Crippen molar-refractivity contribution in [3.05, 3.63) is 24.5 Å². The van der Waals surface area contributed by atoms with Gasteiger partial charge in [-0.2, -0.15) is 10.2 Å². The maximum absolute atomic E-state index is 3.96. The van der Waals surface area contributed by atoms with E-state index < -0.39 is 0 Å². The summed E-state index contributed by atoms with van der Waals surface area (Å²) < 4.78 is 0. The third-order valence-corrected chi connectivity index (χ3v) is 1.92. The molecule has 0 amide bonds. The molecule has 0 bridgehead atoms. The van der Waals surface area contributed by atoms with Crippen LogP contribution in [0.15, 0.2) is 24.5 Å². The molecule has 0 spiro atoms. The second-order valence-electron chi connectivity index (χ2n) is 2.74. The van der Waals surface area contributed by atoms with Crippen molar-refractivity contribution in [2.75, 3.05) is 0 Å². The van der Waals surface area contributed by atoms with Crippen molar-refractivity contribution in [3.63, 3.8) is 0 Å². The van der Waals surface area contributed by atoms with Crippen LogP contribution in [-0.2, 0) is 0 Å². The highest BCUT2D eigenvalue weighted by atomic mass is 15.1. The Morgan fingerprint density at radius 1 is 1.15 bits per heavy atom. The van der Waals surface area contributed by atoms with Crippen molar-refractivity contribution in [1.29, 1.82) is 0 Å². The summed E-state index contributed by atoms with van der Waals surface area (Å²) in [5.41, 5.74) is 3.47. The van der Waals surface area contributed by atoms with Gasteiger partial charge in [-0.15, -0.1) is 10.2 Å². The van der Waals surface area contributed by atoms with Crippen LogP contribution in [0, 0.1) is 0 Å². The Labute approximate surface area is 73.2 Å². The molecule has 0 unspecified atom stereocenters. The average molecular weight is 171 g/mol. The fourth-order valence-electron chi connectivity index (χ4n) is 1.30. The van der Waals surface area contributed by atoms with E-state index in [0.717, 1.165) is 22.4 Å². The number of hydrogen-bond acceptors (Lipinski definition) is 4. The van der Waals surface area contributed by atoms with Gasteiger partial charge in [0.05, 0.1) is 23.6 Å². The molecule has 0 saturated carbocycles. The lowest BCUT2D eigenvalue weighted by atomic mass is 10.2. The molecule has 5 nitrogen and oxygen atoms in total. The number of nitrogens with one attached hydrogen (secondary N) is 1. The molecular formula is C8H5N5. The summed E-state index contributed by atoms with van der Waals surface area (Å²) in [6.45, 7) is 0. The molecule has 0 aromatic carbocycles. The van der Waals surface area contributed by atoms with Crippen LogP contribution in [0.4, 0.5) is 0 Å². The van der Waals surface area contributed by atoms with Crippen LogP contribution in [0.1, 0.15) is 0 Å². The fraction of sp³-hybridized carbons (Fsp3) is 0. The van der Waals surface area contributed by atoms with Gasteiger partial charge >= 0.3 is 0 Å². The first-order valence-corrected chi connectivity index (χ1v) is 3.85. The van der Waals surface area contributed by atoms with Gasteiger partial charge in [0.25, 0.3) is 0 Å². The zero-order chi connectivity index (χ0) is 8.67. The van der Waals surface area contributed by atoms with E-state index in [1.54, 1.807) is 12.4 Å². The van der Waals surface area contributed by atoms with Crippen molar-refractivity contribution in [1.82, 2.24) is 25.4 Å². The summed E-state index contributed by atoms with van der Waals surface area (Å²) in [6, 6.07) is 3.73. The fourth-order valence-corrected chi connectivity index (χ4v) is 1.30. The third kappa shape index (κ3) is 0.868. The molecule has 0 saturated heterocycles. The van der Waals surface area contributed by atoms with Crippen molar-refractivity contribution >= 4 is 11.0 Å². The number of aromatic nitrogens is 5. The Bertz CT molecular complexity index is 482. The van der Waals surface area contributed by atoms with Gasteiger partial charge in [-0.1, -0.05) is 0 Å². The van der Waals surface area contributed by atoms with Gasteiger partial charge in [-0.25, -0.2) is 0 Å². The number of H-pyrrole nitrogens is 1. The first-order valence-electron chi connectivity index (χ1n) is 3.85. The largest absolute Gasteiger partial charge is 0.351 e. The zero-order valence-electron chi connectivity index (χ0n) is 6.60. The van der Waals surface area contributed by atoms with E-state index in [1.165, 1.54) is 0 Å². The lowest BCUT2D eigenvalue weighted by Crippen LogP contribution is -1.89. The Morgan fingerprint density at radius 3 is 3.15 bits per heavy atom. The van der Waals surface area contributed by atoms with Crippen molar-refractivity contribution in [2.24, 2.45) is 0 Å². The van der Waals surface area contributed by atoms with E-state index in [9.17, 15) is 0 Å². The number of fused-ring (bicyclic) bond motifs is 2. The number of rotatable bonds is 0. The summed E-state index contributed by atoms with van der Waals surface area (Å²) >= 11 is 0. The highest BCUT2D eigenvalue weighted by Gasteiger charge is 2.06. The van der Waals surface area contributed by atoms with Gasteiger partial charge in [-0.3, -0.25) is 0 Å². The van der Waals surface area contributed by atoms with Crippen molar-refractivity contribution in [3.8, 4) is 11.4 Å². The quantitative estimate of drug-likeness (QED) is 0.544. The van der Waals surface area contributed by atoms with Crippen LogP contribution in [-0.4, -0.2) is 25.4 Å². The third-order valence-electron chi connectivity index (χ3n) is 1.92. The molecule has 2 aliphatic rings. The van der Waals surface area contributed by atoms with Gasteiger partial charge in [0.1, 0.15) is 11.2 Å². The standard InChI is InChI=1S/C8H5N5/c1-2-9-12-6-3-7-8(4-10-13-7)11-5(1)6/h1-4,11H. The van der Waals surface area contributed by atoms with Crippen LogP contribution in [0.3, 0.4) is 0 Å². The molecular weight excluding hydrogens is 166 g/mol. The minimum Gasteiger partial charge on any atom is -0.351 e. The molecule has 3 rings (SSSR count). The minimum atomic E-state index is 0.801. The van der Waals surface area contributed by atoms with E-state index in [0.29, 0.717) is 0 Å². The Balaban J connectivity index is 2.52. The highest BCUT2D eigenvalue weighted by molar-refractivity contribution is 5.79. The van der Waals surface area contributed by atoms with E-state index in [1.807, 2.05) is 12.1 Å². The van der Waals surface area contributed by atoms with Crippen molar-refractivity contribution in [2.45, 2.75) is 0 Å². The summed E-state index contributed by atoms with van der Waals surface area (Å²) in [7, 11) is 0. The predicted octanol–water partition coefficient (Wildman–Crippen LogP) is 0.853. The lowest BCUT2D eigenvalue weighted by Gasteiger charge is -1.99. The van der Waals surface area contributed by atoms with Gasteiger partial charge in [0, 0.05) is 0 Å². The summed E-state index contributed by atoms with van der Waals surface area (Å²) in [6.07, 6.45) is 3.34. The van der Waals surface area contributed by atoms with Crippen LogP contribution in [0.2, 0.25) is 0 Å². The Kier molecular flexibility index (Phi) is 1.11. The van der Waals surface area contributed by atoms with Crippen LogP contribution >= 0.6 is 0 Å².